The van der Waals surface area contributed by atoms with Crippen LogP contribution in [0.15, 0.2) is 29.8 Å². The highest BCUT2D eigenvalue weighted by Crippen LogP contribution is 2.28. The number of nitrogens with zero attached hydrogens (tertiary/aromatic N) is 1. The van der Waals surface area contributed by atoms with Crippen LogP contribution < -0.4 is 15.2 Å². The summed E-state index contributed by atoms with van der Waals surface area (Å²) < 4.78 is 10.8. The molecule has 0 spiro atoms. The maximum atomic E-state index is 12.5. The monoisotopic (exact) mass is 290 g/mol. The van der Waals surface area contributed by atoms with Gasteiger partial charge in [0.1, 0.15) is 6.61 Å². The third kappa shape index (κ3) is 3.76. The second-order valence-corrected chi connectivity index (χ2v) is 5.05. The van der Waals surface area contributed by atoms with E-state index in [2.05, 4.69) is 13.0 Å². The molecular weight excluding hydrogens is 268 g/mol. The fourth-order valence-electron chi connectivity index (χ4n) is 2.23. The Labute approximate surface area is 125 Å². The zero-order valence-corrected chi connectivity index (χ0v) is 12.6. The molecule has 1 aromatic carbocycles. The maximum absolute atomic E-state index is 12.5. The van der Waals surface area contributed by atoms with Crippen LogP contribution in [-0.2, 0) is 0 Å². The Morgan fingerprint density at radius 3 is 2.81 bits per heavy atom. The predicted octanol–water partition coefficient (Wildman–Crippen LogP) is 1.82. The van der Waals surface area contributed by atoms with Gasteiger partial charge in [-0.2, -0.15) is 0 Å². The minimum absolute atomic E-state index is 0.0130. The van der Waals surface area contributed by atoms with Crippen LogP contribution in [0.1, 0.15) is 23.7 Å². The molecule has 1 amide bonds. The van der Waals surface area contributed by atoms with Crippen molar-refractivity contribution in [1.29, 1.82) is 0 Å². The van der Waals surface area contributed by atoms with E-state index in [0.717, 1.165) is 13.0 Å². The number of carbonyl (C=O) groups excluding carboxylic acids is 1. The van der Waals surface area contributed by atoms with Crippen LogP contribution in [0.25, 0.3) is 0 Å². The van der Waals surface area contributed by atoms with Gasteiger partial charge in [-0.3, -0.25) is 4.79 Å². The molecule has 0 saturated carbocycles. The zero-order valence-electron chi connectivity index (χ0n) is 12.6. The largest absolute Gasteiger partial charge is 0.493 e. The summed E-state index contributed by atoms with van der Waals surface area (Å²) in [4.78, 5) is 14.3. The van der Waals surface area contributed by atoms with Gasteiger partial charge in [-0.25, -0.2) is 0 Å². The molecular formula is C16H22N2O3. The number of methoxy groups -OCH3 is 1. The Bertz CT molecular complexity index is 540. The predicted molar refractivity (Wildman–Crippen MR) is 81.8 cm³/mol. The van der Waals surface area contributed by atoms with E-state index in [1.54, 1.807) is 25.3 Å². The fraction of sp³-hybridized carbons (Fsp3) is 0.438. The molecule has 114 valence electrons. The van der Waals surface area contributed by atoms with Gasteiger partial charge in [0, 0.05) is 25.2 Å². The fourth-order valence-corrected chi connectivity index (χ4v) is 2.23. The van der Waals surface area contributed by atoms with Crippen molar-refractivity contribution in [2.45, 2.75) is 13.3 Å². The number of hydrogen-bond acceptors (Lipinski definition) is 4. The molecule has 0 bridgehead atoms. The summed E-state index contributed by atoms with van der Waals surface area (Å²) >= 11 is 0. The summed E-state index contributed by atoms with van der Waals surface area (Å²) in [7, 11) is 1.57. The molecule has 0 fully saturated rings. The normalized spacial score (nSPS) is 14.6. The van der Waals surface area contributed by atoms with Crippen molar-refractivity contribution < 1.29 is 14.3 Å². The number of amides is 1. The molecule has 0 atom stereocenters. The van der Waals surface area contributed by atoms with Crippen molar-refractivity contribution >= 4 is 5.91 Å². The third-order valence-corrected chi connectivity index (χ3v) is 3.51. The molecule has 0 radical (unpaired) electrons. The lowest BCUT2D eigenvalue weighted by molar-refractivity contribution is 0.0768. The average molecular weight is 290 g/mol. The first-order chi connectivity index (χ1) is 10.2. The highest BCUT2D eigenvalue weighted by molar-refractivity contribution is 5.95. The summed E-state index contributed by atoms with van der Waals surface area (Å²) in [6.45, 7) is 4.31. The lowest BCUT2D eigenvalue weighted by atomic mass is 10.1. The molecule has 1 aliphatic rings. The molecule has 0 unspecified atom stereocenters. The summed E-state index contributed by atoms with van der Waals surface area (Å²) in [6, 6.07) is 5.24. The number of carbonyl (C=O) groups is 1. The number of rotatable bonds is 5. The summed E-state index contributed by atoms with van der Waals surface area (Å²) in [5.74, 6) is 1.17. The average Bonchev–Trinajstić information content (AvgIpc) is 2.52. The van der Waals surface area contributed by atoms with E-state index in [1.807, 2.05) is 4.90 Å². The van der Waals surface area contributed by atoms with E-state index in [-0.39, 0.29) is 5.91 Å². The van der Waals surface area contributed by atoms with Gasteiger partial charge >= 0.3 is 0 Å². The van der Waals surface area contributed by atoms with E-state index >= 15 is 0 Å². The molecule has 1 aromatic rings. The minimum Gasteiger partial charge on any atom is -0.493 e. The van der Waals surface area contributed by atoms with E-state index in [9.17, 15) is 4.79 Å². The van der Waals surface area contributed by atoms with Crippen LogP contribution in [0.3, 0.4) is 0 Å². The van der Waals surface area contributed by atoms with Gasteiger partial charge in [-0.15, -0.1) is 0 Å². The first-order valence-electron chi connectivity index (χ1n) is 7.11. The van der Waals surface area contributed by atoms with Gasteiger partial charge < -0.3 is 20.1 Å². The molecule has 0 aromatic heterocycles. The standard InChI is InChI=1S/C16H22N2O3/c1-12-5-8-18(9-6-12)16(19)13-3-4-14(20-2)15(11-13)21-10-7-17/h3-5,11H,6-10,17H2,1-2H3. The maximum Gasteiger partial charge on any atom is 0.254 e. The highest BCUT2D eigenvalue weighted by atomic mass is 16.5. The summed E-state index contributed by atoms with van der Waals surface area (Å²) in [6.07, 6.45) is 3.02. The third-order valence-electron chi connectivity index (χ3n) is 3.51. The number of hydrogen-bond donors (Lipinski definition) is 1. The first kappa shape index (κ1) is 15.4. The van der Waals surface area contributed by atoms with Crippen LogP contribution in [0.5, 0.6) is 11.5 Å². The Balaban J connectivity index is 2.17. The number of benzene rings is 1. The van der Waals surface area contributed by atoms with Gasteiger partial charge in [0.15, 0.2) is 11.5 Å². The molecule has 2 rings (SSSR count). The van der Waals surface area contributed by atoms with Gasteiger partial charge in [-0.05, 0) is 31.5 Å². The molecule has 21 heavy (non-hydrogen) atoms. The smallest absolute Gasteiger partial charge is 0.254 e. The summed E-state index contributed by atoms with van der Waals surface area (Å²) in [5, 5.41) is 0. The van der Waals surface area contributed by atoms with E-state index in [4.69, 9.17) is 15.2 Å². The van der Waals surface area contributed by atoms with Crippen LogP contribution >= 0.6 is 0 Å². The van der Waals surface area contributed by atoms with E-state index in [1.165, 1.54) is 5.57 Å². The van der Waals surface area contributed by atoms with Crippen molar-refractivity contribution in [2.75, 3.05) is 33.4 Å². The van der Waals surface area contributed by atoms with Gasteiger partial charge in [-0.1, -0.05) is 11.6 Å². The topological polar surface area (TPSA) is 64.8 Å². The Morgan fingerprint density at radius 2 is 2.19 bits per heavy atom. The summed E-state index contributed by atoms with van der Waals surface area (Å²) in [5.41, 5.74) is 7.39. The van der Waals surface area contributed by atoms with E-state index in [0.29, 0.717) is 36.8 Å². The number of nitrogens with two attached hydrogens (primary N) is 1. The second kappa shape index (κ2) is 7.13. The minimum atomic E-state index is 0.0130. The zero-order chi connectivity index (χ0) is 15.2. The van der Waals surface area contributed by atoms with E-state index < -0.39 is 0 Å². The van der Waals surface area contributed by atoms with Gasteiger partial charge in [0.25, 0.3) is 5.91 Å². The molecule has 1 aliphatic heterocycles. The van der Waals surface area contributed by atoms with Crippen LogP contribution in [0.4, 0.5) is 0 Å². The molecule has 5 nitrogen and oxygen atoms in total. The first-order valence-corrected chi connectivity index (χ1v) is 7.11. The SMILES string of the molecule is COc1ccc(C(=O)N2CC=C(C)CC2)cc1OCCN. The van der Waals surface area contributed by atoms with Gasteiger partial charge in [0.05, 0.1) is 7.11 Å². The van der Waals surface area contributed by atoms with Crippen LogP contribution in [-0.4, -0.2) is 44.2 Å². The lowest BCUT2D eigenvalue weighted by Gasteiger charge is -2.25. The van der Waals surface area contributed by atoms with Crippen molar-refractivity contribution in [2.24, 2.45) is 5.73 Å². The van der Waals surface area contributed by atoms with Crippen LogP contribution in [0, 0.1) is 0 Å². The van der Waals surface area contributed by atoms with Crippen molar-refractivity contribution in [3.8, 4) is 11.5 Å². The Kier molecular flexibility index (Phi) is 5.22. The van der Waals surface area contributed by atoms with Crippen molar-refractivity contribution in [1.82, 2.24) is 4.90 Å². The van der Waals surface area contributed by atoms with Crippen LogP contribution in [0.2, 0.25) is 0 Å². The molecule has 0 saturated heterocycles. The molecule has 2 N–H and O–H groups in total. The lowest BCUT2D eigenvalue weighted by Crippen LogP contribution is -2.34. The number of ether oxygens (including phenoxy) is 2. The Hall–Kier alpha value is -2.01. The molecule has 0 aliphatic carbocycles. The highest BCUT2D eigenvalue weighted by Gasteiger charge is 2.19. The Morgan fingerprint density at radius 1 is 1.38 bits per heavy atom. The quantitative estimate of drug-likeness (QED) is 0.840. The van der Waals surface area contributed by atoms with Crippen molar-refractivity contribution in [3.05, 3.63) is 35.4 Å². The second-order valence-electron chi connectivity index (χ2n) is 5.05. The molecule has 1 heterocycles. The van der Waals surface area contributed by atoms with Crippen molar-refractivity contribution in [3.63, 3.8) is 0 Å². The van der Waals surface area contributed by atoms with Gasteiger partial charge in [0.2, 0.25) is 0 Å². The molecule has 5 heteroatoms.